The molecule has 3 aromatic rings. The van der Waals surface area contributed by atoms with Gasteiger partial charge in [0, 0.05) is 25.8 Å². The summed E-state index contributed by atoms with van der Waals surface area (Å²) >= 11 is 0. The van der Waals surface area contributed by atoms with Crippen LogP contribution >= 0.6 is 0 Å². The fraction of sp³-hybridized carbons (Fsp3) is 0.519. The van der Waals surface area contributed by atoms with E-state index in [0.29, 0.717) is 31.0 Å². The number of nitrogens with zero attached hydrogens (tertiary/aromatic N) is 5. The van der Waals surface area contributed by atoms with E-state index in [9.17, 15) is 9.90 Å². The fourth-order valence-corrected chi connectivity index (χ4v) is 6.57. The molecule has 0 spiro atoms. The number of likely N-dealkylation sites (tertiary alicyclic amines) is 2. The molecule has 4 heterocycles. The summed E-state index contributed by atoms with van der Waals surface area (Å²) in [5, 5.41) is 9.51. The number of carbonyl (C=O) groups is 1. The minimum absolute atomic E-state index is 0.312. The van der Waals surface area contributed by atoms with Gasteiger partial charge in [-0.2, -0.15) is 0 Å². The number of fused-ring (bicyclic) bond motifs is 4. The van der Waals surface area contributed by atoms with Gasteiger partial charge >= 0.3 is 6.09 Å². The molecule has 2 saturated heterocycles. The second-order valence-electron chi connectivity index (χ2n) is 10.3. The molecule has 2 fully saturated rings. The third kappa shape index (κ3) is 3.96. The number of piperidine rings is 2. The van der Waals surface area contributed by atoms with Crippen LogP contribution in [-0.2, 0) is 19.5 Å². The Morgan fingerprint density at radius 2 is 1.94 bits per heavy atom. The zero-order chi connectivity index (χ0) is 23.1. The summed E-state index contributed by atoms with van der Waals surface area (Å²) in [6.07, 6.45) is 8.00. The number of hydrogen-bond donors (Lipinski definition) is 1. The lowest BCUT2D eigenvalue weighted by Crippen LogP contribution is -2.42. The lowest BCUT2D eigenvalue weighted by atomic mass is 9.77. The molecule has 1 amide bonds. The largest absolute Gasteiger partial charge is 0.465 e. The summed E-state index contributed by atoms with van der Waals surface area (Å²) in [5.41, 5.74) is 4.85. The van der Waals surface area contributed by atoms with Crippen molar-refractivity contribution in [3.63, 3.8) is 0 Å². The number of amides is 1. The number of carboxylic acid groups (broad SMARTS) is 1. The topological polar surface area (TPSA) is 74.5 Å². The Hall–Kier alpha value is -2.93. The minimum atomic E-state index is -0.803. The smallest absolute Gasteiger partial charge is 0.407 e. The molecule has 0 bridgehead atoms. The fourth-order valence-electron chi connectivity index (χ4n) is 6.57. The molecule has 3 atom stereocenters. The summed E-state index contributed by atoms with van der Waals surface area (Å²) in [5.74, 6) is 2.07. The number of para-hydroxylation sites is 2. The predicted octanol–water partition coefficient (Wildman–Crippen LogP) is 4.72. The molecule has 6 rings (SSSR count). The number of imidazole rings is 1. The van der Waals surface area contributed by atoms with E-state index >= 15 is 0 Å². The van der Waals surface area contributed by atoms with Crippen LogP contribution in [0.25, 0.3) is 11.0 Å². The molecule has 7 nitrogen and oxygen atoms in total. The van der Waals surface area contributed by atoms with Gasteiger partial charge in [0.1, 0.15) is 5.82 Å². The number of aryl methyl sites for hydroxylation is 1. The van der Waals surface area contributed by atoms with Crippen LogP contribution in [0.3, 0.4) is 0 Å². The van der Waals surface area contributed by atoms with Crippen molar-refractivity contribution in [3.8, 4) is 0 Å². The van der Waals surface area contributed by atoms with Crippen molar-refractivity contribution in [2.24, 2.45) is 11.8 Å². The van der Waals surface area contributed by atoms with Crippen LogP contribution in [-0.4, -0.2) is 55.2 Å². The molecule has 0 radical (unpaired) electrons. The average molecular weight is 460 g/mol. The highest BCUT2D eigenvalue weighted by Crippen LogP contribution is 2.43. The summed E-state index contributed by atoms with van der Waals surface area (Å²) in [6.45, 7) is 3.94. The molecular formula is C27H33N5O2. The van der Waals surface area contributed by atoms with Gasteiger partial charge in [0.25, 0.3) is 0 Å². The molecule has 1 aliphatic carbocycles. The maximum absolute atomic E-state index is 11.6. The molecule has 1 aromatic carbocycles. The van der Waals surface area contributed by atoms with Gasteiger partial charge in [0.15, 0.2) is 0 Å². The Bertz CT molecular complexity index is 1190. The molecular weight excluding hydrogens is 426 g/mol. The van der Waals surface area contributed by atoms with E-state index in [1.54, 1.807) is 4.90 Å². The molecule has 3 aliphatic rings. The monoisotopic (exact) mass is 459 g/mol. The second-order valence-corrected chi connectivity index (χ2v) is 10.3. The molecule has 1 N–H and O–H groups in total. The Kier molecular flexibility index (Phi) is 5.73. The predicted molar refractivity (Wildman–Crippen MR) is 130 cm³/mol. The van der Waals surface area contributed by atoms with Crippen molar-refractivity contribution >= 4 is 17.1 Å². The molecule has 2 aromatic heterocycles. The van der Waals surface area contributed by atoms with Crippen molar-refractivity contribution in [3.05, 3.63) is 59.7 Å². The van der Waals surface area contributed by atoms with Crippen LogP contribution in [0.1, 0.15) is 55.2 Å². The molecule has 7 heteroatoms. The average Bonchev–Trinajstić information content (AvgIpc) is 3.21. The summed E-state index contributed by atoms with van der Waals surface area (Å²) in [4.78, 5) is 25.7. The van der Waals surface area contributed by atoms with Gasteiger partial charge < -0.3 is 14.6 Å². The zero-order valence-corrected chi connectivity index (χ0v) is 19.6. The minimum Gasteiger partial charge on any atom is -0.465 e. The number of pyridine rings is 1. The van der Waals surface area contributed by atoms with E-state index in [-0.39, 0.29) is 0 Å². The number of aromatic nitrogens is 3. The first kappa shape index (κ1) is 21.6. The Morgan fingerprint density at radius 3 is 2.85 bits per heavy atom. The van der Waals surface area contributed by atoms with Crippen LogP contribution in [0.2, 0.25) is 0 Å². The SMILES string of the molecule is O=C(O)N1CCC[C@H](Cn2c(CN3CCC[C@H]4CCc5cccnc5[C@H]43)nc3ccccc32)C1. The molecule has 2 aliphatic heterocycles. The molecule has 0 unspecified atom stereocenters. The van der Waals surface area contributed by atoms with Crippen LogP contribution in [0.5, 0.6) is 0 Å². The second kappa shape index (κ2) is 9.02. The highest BCUT2D eigenvalue weighted by molar-refractivity contribution is 5.76. The van der Waals surface area contributed by atoms with Crippen molar-refractivity contribution < 1.29 is 9.90 Å². The summed E-state index contributed by atoms with van der Waals surface area (Å²) in [7, 11) is 0. The van der Waals surface area contributed by atoms with Gasteiger partial charge in [-0.25, -0.2) is 9.78 Å². The third-order valence-electron chi connectivity index (χ3n) is 8.16. The summed E-state index contributed by atoms with van der Waals surface area (Å²) in [6, 6.07) is 13.1. The number of benzene rings is 1. The molecule has 34 heavy (non-hydrogen) atoms. The first-order valence-electron chi connectivity index (χ1n) is 12.8. The maximum atomic E-state index is 11.6. The lowest BCUT2D eigenvalue weighted by molar-refractivity contribution is 0.0658. The third-order valence-corrected chi connectivity index (χ3v) is 8.16. The lowest BCUT2D eigenvalue weighted by Gasteiger charge is -2.44. The van der Waals surface area contributed by atoms with Crippen molar-refractivity contribution in [1.29, 1.82) is 0 Å². The van der Waals surface area contributed by atoms with Crippen molar-refractivity contribution in [2.45, 2.75) is 57.7 Å². The normalized spacial score (nSPS) is 25.2. The van der Waals surface area contributed by atoms with Crippen LogP contribution in [0, 0.1) is 11.8 Å². The van der Waals surface area contributed by atoms with Crippen LogP contribution in [0.15, 0.2) is 42.6 Å². The standard InChI is InChI=1S/C27H33N5O2/c33-27(34)31-15-4-6-19(16-31)17-32-23-10-2-1-9-22(23)29-24(32)18-30-14-5-8-21-12-11-20-7-3-13-28-25(20)26(21)30/h1-3,7,9-10,13,19,21,26H,4-6,8,11-12,14-18H2,(H,33,34)/t19-,21-,26-/m0/s1. The zero-order valence-electron chi connectivity index (χ0n) is 19.6. The molecule has 178 valence electrons. The van der Waals surface area contributed by atoms with E-state index in [1.807, 2.05) is 6.20 Å². The van der Waals surface area contributed by atoms with E-state index in [4.69, 9.17) is 9.97 Å². The summed E-state index contributed by atoms with van der Waals surface area (Å²) < 4.78 is 2.37. The Balaban J connectivity index is 1.32. The number of hydrogen-bond acceptors (Lipinski definition) is 4. The van der Waals surface area contributed by atoms with Crippen LogP contribution < -0.4 is 0 Å². The van der Waals surface area contributed by atoms with E-state index in [0.717, 1.165) is 55.8 Å². The molecule has 0 saturated carbocycles. The van der Waals surface area contributed by atoms with Gasteiger partial charge in [-0.3, -0.25) is 9.88 Å². The Morgan fingerprint density at radius 1 is 1.06 bits per heavy atom. The van der Waals surface area contributed by atoms with Gasteiger partial charge in [-0.1, -0.05) is 18.2 Å². The van der Waals surface area contributed by atoms with Crippen molar-refractivity contribution in [2.75, 3.05) is 19.6 Å². The first-order valence-corrected chi connectivity index (χ1v) is 12.8. The van der Waals surface area contributed by atoms with Gasteiger partial charge in [-0.05, 0) is 80.7 Å². The van der Waals surface area contributed by atoms with E-state index in [2.05, 4.69) is 45.9 Å². The van der Waals surface area contributed by atoms with Crippen molar-refractivity contribution in [1.82, 2.24) is 24.3 Å². The number of rotatable bonds is 4. The maximum Gasteiger partial charge on any atom is 0.407 e. The van der Waals surface area contributed by atoms with Gasteiger partial charge in [0.2, 0.25) is 0 Å². The van der Waals surface area contributed by atoms with Crippen LogP contribution in [0.4, 0.5) is 4.79 Å². The Labute approximate surface area is 200 Å². The van der Waals surface area contributed by atoms with E-state index < -0.39 is 6.09 Å². The quantitative estimate of drug-likeness (QED) is 0.611. The first-order chi connectivity index (χ1) is 16.7. The van der Waals surface area contributed by atoms with Gasteiger partial charge in [-0.15, -0.1) is 0 Å². The van der Waals surface area contributed by atoms with E-state index in [1.165, 1.54) is 30.5 Å². The highest BCUT2D eigenvalue weighted by Gasteiger charge is 2.38. The van der Waals surface area contributed by atoms with Gasteiger partial charge in [0.05, 0.1) is 29.3 Å². The highest BCUT2D eigenvalue weighted by atomic mass is 16.4.